The first-order chi connectivity index (χ1) is 10.4. The number of benzene rings is 1. The maximum atomic E-state index is 12.1. The lowest BCUT2D eigenvalue weighted by molar-refractivity contribution is -0.387. The largest absolute Gasteiger partial charge is 0.339 e. The van der Waals surface area contributed by atoms with Gasteiger partial charge >= 0.3 is 0 Å². The highest BCUT2D eigenvalue weighted by Crippen LogP contribution is 2.22. The van der Waals surface area contributed by atoms with Gasteiger partial charge in [-0.1, -0.05) is 12.1 Å². The van der Waals surface area contributed by atoms with Gasteiger partial charge in [-0.2, -0.15) is 0 Å². The van der Waals surface area contributed by atoms with Crippen molar-refractivity contribution < 1.29 is 18.1 Å². The number of para-hydroxylation sites is 1. The van der Waals surface area contributed by atoms with Crippen molar-refractivity contribution in [3.63, 3.8) is 0 Å². The van der Waals surface area contributed by atoms with Gasteiger partial charge in [0.1, 0.15) is 0 Å². The normalized spacial score (nSPS) is 14.9. The standard InChI is InChI=1S/C12H16N4O5S.ClH/c17-12(15-7-5-13-6-8-15)9-14-22(20,21)11-4-2-1-3-10(11)16(18)19;/h1-4,13-14H,5-9H2;1H. The fourth-order valence-electron chi connectivity index (χ4n) is 2.10. The smallest absolute Gasteiger partial charge is 0.289 e. The first kappa shape index (κ1) is 19.3. The molecule has 1 aromatic carbocycles. The zero-order valence-corrected chi connectivity index (χ0v) is 13.7. The molecule has 1 amide bonds. The molecule has 0 aromatic heterocycles. The van der Waals surface area contributed by atoms with Gasteiger partial charge in [0.15, 0.2) is 4.90 Å². The van der Waals surface area contributed by atoms with Crippen molar-refractivity contribution in [3.05, 3.63) is 34.4 Å². The summed E-state index contributed by atoms with van der Waals surface area (Å²) >= 11 is 0. The summed E-state index contributed by atoms with van der Waals surface area (Å²) in [6, 6.07) is 5.01. The lowest BCUT2D eigenvalue weighted by Crippen LogP contribution is -2.49. The third-order valence-corrected chi connectivity index (χ3v) is 4.68. The number of carbonyl (C=O) groups is 1. The Morgan fingerprint density at radius 3 is 2.52 bits per heavy atom. The molecular weight excluding hydrogens is 348 g/mol. The van der Waals surface area contributed by atoms with E-state index in [1.54, 1.807) is 4.90 Å². The molecule has 0 atom stereocenters. The van der Waals surface area contributed by atoms with E-state index in [2.05, 4.69) is 10.0 Å². The van der Waals surface area contributed by atoms with Crippen molar-refractivity contribution in [2.75, 3.05) is 32.7 Å². The molecular formula is C12H17ClN4O5S. The van der Waals surface area contributed by atoms with E-state index in [0.29, 0.717) is 26.2 Å². The third kappa shape index (κ3) is 4.86. The maximum Gasteiger partial charge on any atom is 0.289 e. The van der Waals surface area contributed by atoms with Crippen molar-refractivity contribution in [1.29, 1.82) is 0 Å². The number of carbonyl (C=O) groups excluding carboxylic acids is 1. The van der Waals surface area contributed by atoms with Crippen LogP contribution < -0.4 is 10.0 Å². The Morgan fingerprint density at radius 2 is 1.91 bits per heavy atom. The highest BCUT2D eigenvalue weighted by atomic mass is 35.5. The first-order valence-electron chi connectivity index (χ1n) is 6.63. The number of piperazine rings is 1. The van der Waals surface area contributed by atoms with Crippen LogP contribution in [-0.2, 0) is 14.8 Å². The van der Waals surface area contributed by atoms with E-state index in [1.807, 2.05) is 0 Å². The SMILES string of the molecule is Cl.O=C(CNS(=O)(=O)c1ccccc1[N+](=O)[O-])N1CCNCC1. The summed E-state index contributed by atoms with van der Waals surface area (Å²) in [6.07, 6.45) is 0. The molecule has 0 saturated carbocycles. The van der Waals surface area contributed by atoms with Gasteiger partial charge in [0.25, 0.3) is 5.69 Å². The number of nitro groups is 1. The Balaban J connectivity index is 0.00000264. The molecule has 0 aliphatic carbocycles. The number of rotatable bonds is 5. The van der Waals surface area contributed by atoms with Crippen LogP contribution >= 0.6 is 12.4 Å². The highest BCUT2D eigenvalue weighted by molar-refractivity contribution is 7.89. The molecule has 1 aliphatic heterocycles. The Morgan fingerprint density at radius 1 is 1.30 bits per heavy atom. The average Bonchev–Trinajstić information content (AvgIpc) is 2.53. The van der Waals surface area contributed by atoms with Crippen molar-refractivity contribution in [2.24, 2.45) is 0 Å². The van der Waals surface area contributed by atoms with Gasteiger partial charge in [-0.15, -0.1) is 12.4 Å². The van der Waals surface area contributed by atoms with Crippen LogP contribution in [0, 0.1) is 10.1 Å². The van der Waals surface area contributed by atoms with Crippen LogP contribution in [-0.4, -0.2) is 56.9 Å². The molecule has 9 nitrogen and oxygen atoms in total. The topological polar surface area (TPSA) is 122 Å². The maximum absolute atomic E-state index is 12.1. The predicted octanol–water partition coefficient (Wildman–Crippen LogP) is -0.273. The second-order valence-corrected chi connectivity index (χ2v) is 6.42. The van der Waals surface area contributed by atoms with Gasteiger partial charge in [0, 0.05) is 32.2 Å². The van der Waals surface area contributed by atoms with Gasteiger partial charge in [0.05, 0.1) is 11.5 Å². The molecule has 23 heavy (non-hydrogen) atoms. The quantitative estimate of drug-likeness (QED) is 0.547. The minimum absolute atomic E-state index is 0. The number of hydrogen-bond donors (Lipinski definition) is 2. The van der Waals surface area contributed by atoms with E-state index >= 15 is 0 Å². The monoisotopic (exact) mass is 364 g/mol. The lowest BCUT2D eigenvalue weighted by atomic mass is 10.3. The fraction of sp³-hybridized carbons (Fsp3) is 0.417. The predicted molar refractivity (Wildman–Crippen MR) is 85.0 cm³/mol. The molecule has 0 bridgehead atoms. The number of nitro benzene ring substituents is 1. The highest BCUT2D eigenvalue weighted by Gasteiger charge is 2.26. The molecule has 1 fully saturated rings. The molecule has 1 heterocycles. The number of amides is 1. The second-order valence-electron chi connectivity index (χ2n) is 4.68. The molecule has 0 radical (unpaired) electrons. The zero-order chi connectivity index (χ0) is 16.2. The van der Waals surface area contributed by atoms with Gasteiger partial charge in [-0.05, 0) is 6.07 Å². The van der Waals surface area contributed by atoms with E-state index in [4.69, 9.17) is 0 Å². The molecule has 2 N–H and O–H groups in total. The van der Waals surface area contributed by atoms with Crippen LogP contribution in [0.5, 0.6) is 0 Å². The van der Waals surface area contributed by atoms with Crippen molar-refractivity contribution in [1.82, 2.24) is 14.9 Å². The zero-order valence-electron chi connectivity index (χ0n) is 12.1. The van der Waals surface area contributed by atoms with Gasteiger partial charge in [-0.3, -0.25) is 14.9 Å². The van der Waals surface area contributed by atoms with Crippen molar-refractivity contribution >= 4 is 34.0 Å². The van der Waals surface area contributed by atoms with Crippen molar-refractivity contribution in [3.8, 4) is 0 Å². The number of nitrogens with zero attached hydrogens (tertiary/aromatic N) is 2. The summed E-state index contributed by atoms with van der Waals surface area (Å²) < 4.78 is 26.4. The van der Waals surface area contributed by atoms with Crippen LogP contribution in [0.2, 0.25) is 0 Å². The van der Waals surface area contributed by atoms with Crippen LogP contribution in [0.1, 0.15) is 0 Å². The van der Waals surface area contributed by atoms with Gasteiger partial charge in [-0.25, -0.2) is 13.1 Å². The molecule has 1 aliphatic rings. The summed E-state index contributed by atoms with van der Waals surface area (Å²) in [5.74, 6) is -0.358. The molecule has 128 valence electrons. The van der Waals surface area contributed by atoms with Crippen LogP contribution in [0.3, 0.4) is 0 Å². The number of sulfonamides is 1. The van der Waals surface area contributed by atoms with Gasteiger partial charge in [0.2, 0.25) is 15.9 Å². The minimum atomic E-state index is -4.12. The fourth-order valence-corrected chi connectivity index (χ4v) is 3.24. The molecule has 0 spiro atoms. The minimum Gasteiger partial charge on any atom is -0.339 e. The van der Waals surface area contributed by atoms with E-state index in [1.165, 1.54) is 12.1 Å². The summed E-state index contributed by atoms with van der Waals surface area (Å²) in [7, 11) is -4.12. The Labute approximate surface area is 139 Å². The number of nitrogens with one attached hydrogen (secondary N) is 2. The second kappa shape index (κ2) is 8.20. The van der Waals surface area contributed by atoms with Gasteiger partial charge < -0.3 is 10.2 Å². The average molecular weight is 365 g/mol. The van der Waals surface area contributed by atoms with Crippen LogP contribution in [0.25, 0.3) is 0 Å². The van der Waals surface area contributed by atoms with E-state index in [0.717, 1.165) is 12.1 Å². The Hall–Kier alpha value is -1.75. The molecule has 1 saturated heterocycles. The first-order valence-corrected chi connectivity index (χ1v) is 8.12. The molecule has 1 aromatic rings. The summed E-state index contributed by atoms with van der Waals surface area (Å²) in [5.41, 5.74) is -0.523. The summed E-state index contributed by atoms with van der Waals surface area (Å²) in [5, 5.41) is 14.0. The summed E-state index contributed by atoms with van der Waals surface area (Å²) in [6.45, 7) is 1.90. The molecule has 11 heteroatoms. The van der Waals surface area contributed by atoms with E-state index in [9.17, 15) is 23.3 Å². The Bertz CT molecular complexity index is 676. The van der Waals surface area contributed by atoms with Crippen molar-refractivity contribution in [2.45, 2.75) is 4.90 Å². The third-order valence-electron chi connectivity index (χ3n) is 3.23. The summed E-state index contributed by atoms with van der Waals surface area (Å²) in [4.78, 5) is 23.1. The van der Waals surface area contributed by atoms with Crippen LogP contribution in [0.15, 0.2) is 29.2 Å². The molecule has 2 rings (SSSR count). The Kier molecular flexibility index (Phi) is 6.88. The lowest BCUT2D eigenvalue weighted by Gasteiger charge is -2.27. The molecule has 0 unspecified atom stereocenters. The van der Waals surface area contributed by atoms with E-state index in [-0.39, 0.29) is 18.3 Å². The van der Waals surface area contributed by atoms with E-state index < -0.39 is 32.1 Å². The number of halogens is 1. The number of hydrogen-bond acceptors (Lipinski definition) is 6. The van der Waals surface area contributed by atoms with Crippen LogP contribution in [0.4, 0.5) is 5.69 Å².